The fourth-order valence-corrected chi connectivity index (χ4v) is 1.35. The summed E-state index contributed by atoms with van der Waals surface area (Å²) in [6.45, 7) is 2.60. The fraction of sp³-hybridized carbons (Fsp3) is 0.167. The molecule has 0 saturated heterocycles. The summed E-state index contributed by atoms with van der Waals surface area (Å²) in [6, 6.07) is 9.34. The first-order chi connectivity index (χ1) is 7.16. The van der Waals surface area contributed by atoms with Crippen LogP contribution in [0, 0.1) is 6.92 Å². The average Bonchev–Trinajstić information content (AvgIpc) is 2.26. The van der Waals surface area contributed by atoms with Crippen molar-refractivity contribution in [2.75, 3.05) is 5.32 Å². The normalized spacial score (nSPS) is 10.5. The van der Waals surface area contributed by atoms with Crippen molar-refractivity contribution < 1.29 is 0 Å². The Morgan fingerprint density at radius 1 is 1.13 bits per heavy atom. The minimum atomic E-state index is -0.415. The maximum absolute atomic E-state index is 11.0. The molecule has 3 nitrogen and oxygen atoms in total. The topological polar surface area (TPSA) is 46.2 Å². The standard InChI is InChI=1S/C12H11NO2/c1-8-2-4-9(5-3-8)7-13-10-6-11(14)12(10)15/h2-6,13H,7H2,1H3. The van der Waals surface area contributed by atoms with Gasteiger partial charge >= 0.3 is 0 Å². The lowest BCUT2D eigenvalue weighted by molar-refractivity contribution is 1.12. The lowest BCUT2D eigenvalue weighted by Gasteiger charge is -2.06. The van der Waals surface area contributed by atoms with Gasteiger partial charge in [-0.25, -0.2) is 0 Å². The Balaban J connectivity index is 2.00. The van der Waals surface area contributed by atoms with Gasteiger partial charge < -0.3 is 5.32 Å². The fourth-order valence-electron chi connectivity index (χ4n) is 1.35. The molecule has 76 valence electrons. The molecule has 15 heavy (non-hydrogen) atoms. The van der Waals surface area contributed by atoms with Crippen molar-refractivity contribution >= 4 is 5.69 Å². The molecule has 0 unspecified atom stereocenters. The highest BCUT2D eigenvalue weighted by Crippen LogP contribution is 2.05. The van der Waals surface area contributed by atoms with Gasteiger partial charge in [0.25, 0.3) is 0 Å². The van der Waals surface area contributed by atoms with Crippen LogP contribution in [0.1, 0.15) is 11.1 Å². The molecule has 0 amide bonds. The summed E-state index contributed by atoms with van der Waals surface area (Å²) in [5.41, 5.74) is 1.88. The summed E-state index contributed by atoms with van der Waals surface area (Å²) in [6.07, 6.45) is 0. The molecule has 0 aliphatic rings. The Morgan fingerprint density at radius 2 is 1.80 bits per heavy atom. The van der Waals surface area contributed by atoms with Crippen LogP contribution in [0.25, 0.3) is 0 Å². The van der Waals surface area contributed by atoms with E-state index >= 15 is 0 Å². The molecule has 0 aliphatic heterocycles. The zero-order chi connectivity index (χ0) is 10.8. The van der Waals surface area contributed by atoms with Crippen LogP contribution in [0.15, 0.2) is 39.9 Å². The monoisotopic (exact) mass is 201 g/mol. The average molecular weight is 201 g/mol. The molecule has 0 aromatic heterocycles. The van der Waals surface area contributed by atoms with Crippen LogP contribution in [-0.2, 0) is 6.54 Å². The second kappa shape index (κ2) is 3.69. The molecular weight excluding hydrogens is 190 g/mol. The Hall–Kier alpha value is -1.90. The number of benzene rings is 1. The van der Waals surface area contributed by atoms with Gasteiger partial charge in [0.15, 0.2) is 0 Å². The molecule has 0 bridgehead atoms. The van der Waals surface area contributed by atoms with E-state index in [1.165, 1.54) is 11.6 Å². The lowest BCUT2D eigenvalue weighted by Crippen LogP contribution is -2.32. The Kier molecular flexibility index (Phi) is 2.37. The van der Waals surface area contributed by atoms with E-state index in [1.807, 2.05) is 31.2 Å². The van der Waals surface area contributed by atoms with Crippen molar-refractivity contribution in [3.8, 4) is 0 Å². The van der Waals surface area contributed by atoms with E-state index in [4.69, 9.17) is 0 Å². The first-order valence-corrected chi connectivity index (χ1v) is 4.76. The highest BCUT2D eigenvalue weighted by molar-refractivity contribution is 5.47. The molecule has 0 radical (unpaired) electrons. The maximum atomic E-state index is 11.0. The molecule has 2 aromatic rings. The number of rotatable bonds is 3. The van der Waals surface area contributed by atoms with Gasteiger partial charge in [0.05, 0.1) is 5.69 Å². The minimum absolute atomic E-state index is 0.415. The first-order valence-electron chi connectivity index (χ1n) is 4.76. The van der Waals surface area contributed by atoms with Gasteiger partial charge in [-0.05, 0) is 12.5 Å². The predicted molar refractivity (Wildman–Crippen MR) is 59.9 cm³/mol. The van der Waals surface area contributed by atoms with E-state index in [0.717, 1.165) is 5.56 Å². The third-order valence-electron chi connectivity index (χ3n) is 2.35. The van der Waals surface area contributed by atoms with Crippen LogP contribution in [0.5, 0.6) is 0 Å². The van der Waals surface area contributed by atoms with Crippen LogP contribution >= 0.6 is 0 Å². The predicted octanol–water partition coefficient (Wildman–Crippen LogP) is 1.20. The van der Waals surface area contributed by atoms with Crippen molar-refractivity contribution in [2.45, 2.75) is 13.5 Å². The van der Waals surface area contributed by atoms with Crippen molar-refractivity contribution in [1.82, 2.24) is 0 Å². The zero-order valence-corrected chi connectivity index (χ0v) is 8.41. The minimum Gasteiger partial charge on any atom is -0.378 e. The van der Waals surface area contributed by atoms with E-state index in [2.05, 4.69) is 5.32 Å². The van der Waals surface area contributed by atoms with Crippen molar-refractivity contribution in [2.24, 2.45) is 0 Å². The first kappa shape index (κ1) is 9.65. The number of hydrogen-bond acceptors (Lipinski definition) is 3. The SMILES string of the molecule is Cc1ccc(CNc2cc(=O)c2=O)cc1. The second-order valence-corrected chi connectivity index (χ2v) is 3.59. The van der Waals surface area contributed by atoms with E-state index in [-0.39, 0.29) is 0 Å². The molecule has 0 fully saturated rings. The van der Waals surface area contributed by atoms with Crippen LogP contribution in [-0.4, -0.2) is 0 Å². The number of aryl methyl sites for hydroxylation is 1. The van der Waals surface area contributed by atoms with E-state index in [0.29, 0.717) is 12.2 Å². The third-order valence-corrected chi connectivity index (χ3v) is 2.35. The Bertz CT molecular complexity index is 533. The lowest BCUT2D eigenvalue weighted by atomic mass is 10.1. The van der Waals surface area contributed by atoms with Crippen LogP contribution in [0.2, 0.25) is 0 Å². The molecule has 2 rings (SSSR count). The van der Waals surface area contributed by atoms with E-state index in [9.17, 15) is 9.59 Å². The number of anilines is 1. The number of nitrogens with one attached hydrogen (secondary N) is 1. The van der Waals surface area contributed by atoms with Crippen molar-refractivity contribution in [3.63, 3.8) is 0 Å². The second-order valence-electron chi connectivity index (χ2n) is 3.59. The smallest absolute Gasteiger partial charge is 0.248 e. The molecule has 0 saturated carbocycles. The van der Waals surface area contributed by atoms with Gasteiger partial charge in [0, 0.05) is 12.6 Å². The maximum Gasteiger partial charge on any atom is 0.248 e. The summed E-state index contributed by atoms with van der Waals surface area (Å²) in [5.74, 6) is 0. The van der Waals surface area contributed by atoms with E-state index in [1.54, 1.807) is 0 Å². The highest BCUT2D eigenvalue weighted by Gasteiger charge is 2.07. The molecule has 0 spiro atoms. The van der Waals surface area contributed by atoms with Gasteiger partial charge in [-0.3, -0.25) is 9.59 Å². The molecule has 0 aliphatic carbocycles. The largest absolute Gasteiger partial charge is 0.378 e. The van der Waals surface area contributed by atoms with Crippen molar-refractivity contribution in [3.05, 3.63) is 61.9 Å². The van der Waals surface area contributed by atoms with Crippen LogP contribution in [0.4, 0.5) is 5.69 Å². The summed E-state index contributed by atoms with van der Waals surface area (Å²) >= 11 is 0. The molecule has 2 aromatic carbocycles. The molecule has 0 heterocycles. The highest BCUT2D eigenvalue weighted by atomic mass is 16.2. The Morgan fingerprint density at radius 3 is 2.33 bits per heavy atom. The third kappa shape index (κ3) is 1.96. The van der Waals surface area contributed by atoms with Gasteiger partial charge in [-0.15, -0.1) is 0 Å². The summed E-state index contributed by atoms with van der Waals surface area (Å²) in [7, 11) is 0. The molecule has 0 atom stereocenters. The van der Waals surface area contributed by atoms with Gasteiger partial charge in [0.2, 0.25) is 10.9 Å². The van der Waals surface area contributed by atoms with Gasteiger partial charge in [0.1, 0.15) is 0 Å². The van der Waals surface area contributed by atoms with Gasteiger partial charge in [-0.2, -0.15) is 0 Å². The molecular formula is C12H11NO2. The zero-order valence-electron chi connectivity index (χ0n) is 8.41. The summed E-state index contributed by atoms with van der Waals surface area (Å²) in [5, 5.41) is 2.93. The Labute approximate surface area is 87.1 Å². The summed E-state index contributed by atoms with van der Waals surface area (Å²) < 4.78 is 0. The van der Waals surface area contributed by atoms with Crippen LogP contribution in [0.3, 0.4) is 0 Å². The van der Waals surface area contributed by atoms with Gasteiger partial charge in [-0.1, -0.05) is 29.8 Å². The van der Waals surface area contributed by atoms with E-state index < -0.39 is 10.9 Å². The van der Waals surface area contributed by atoms with Crippen LogP contribution < -0.4 is 16.2 Å². The number of hydrogen-bond donors (Lipinski definition) is 1. The quantitative estimate of drug-likeness (QED) is 0.759. The molecule has 1 N–H and O–H groups in total. The molecule has 3 heteroatoms. The van der Waals surface area contributed by atoms with Crippen molar-refractivity contribution in [1.29, 1.82) is 0 Å². The summed E-state index contributed by atoms with van der Waals surface area (Å²) in [4.78, 5) is 21.6.